The van der Waals surface area contributed by atoms with Crippen LogP contribution in [0.15, 0.2) is 42.7 Å². The molecule has 0 amide bonds. The van der Waals surface area contributed by atoms with Crippen LogP contribution in [0.3, 0.4) is 0 Å². The summed E-state index contributed by atoms with van der Waals surface area (Å²) in [6, 6.07) is 7.68. The zero-order valence-corrected chi connectivity index (χ0v) is 13.0. The second-order valence-electron chi connectivity index (χ2n) is 5.20. The largest absolute Gasteiger partial charge is 0.434 e. The molecule has 0 spiro atoms. The number of aromatic nitrogens is 1. The molecular formula is C17H19F3N2O. The van der Waals surface area contributed by atoms with Crippen LogP contribution < -0.4 is 10.1 Å². The van der Waals surface area contributed by atoms with Gasteiger partial charge in [-0.3, -0.25) is 4.98 Å². The molecule has 0 bridgehead atoms. The fourth-order valence-corrected chi connectivity index (χ4v) is 2.46. The second-order valence-corrected chi connectivity index (χ2v) is 5.20. The predicted molar refractivity (Wildman–Crippen MR) is 81.9 cm³/mol. The first-order valence-corrected chi connectivity index (χ1v) is 7.41. The Bertz CT molecular complexity index is 637. The SMILES string of the molecule is CC[C@@H](N[C@H](C)c1cncc(F)c1)c1ccccc1OC(F)F. The number of hydrogen-bond donors (Lipinski definition) is 1. The van der Waals surface area contributed by atoms with Crippen molar-refractivity contribution in [1.82, 2.24) is 10.3 Å². The molecule has 2 atom stereocenters. The van der Waals surface area contributed by atoms with Crippen molar-refractivity contribution in [2.45, 2.75) is 39.0 Å². The van der Waals surface area contributed by atoms with E-state index < -0.39 is 12.4 Å². The molecule has 1 aromatic heterocycles. The summed E-state index contributed by atoms with van der Waals surface area (Å²) in [5.41, 5.74) is 1.34. The summed E-state index contributed by atoms with van der Waals surface area (Å²) >= 11 is 0. The van der Waals surface area contributed by atoms with Gasteiger partial charge in [-0.2, -0.15) is 8.78 Å². The van der Waals surface area contributed by atoms with Gasteiger partial charge in [0.05, 0.1) is 6.20 Å². The Morgan fingerprint density at radius 1 is 1.22 bits per heavy atom. The molecule has 23 heavy (non-hydrogen) atoms. The molecule has 124 valence electrons. The van der Waals surface area contributed by atoms with Crippen molar-refractivity contribution in [3.8, 4) is 5.75 Å². The molecular weight excluding hydrogens is 305 g/mol. The first-order chi connectivity index (χ1) is 11.0. The van der Waals surface area contributed by atoms with E-state index >= 15 is 0 Å². The van der Waals surface area contributed by atoms with E-state index in [9.17, 15) is 13.2 Å². The predicted octanol–water partition coefficient (Wildman–Crippen LogP) is 4.62. The standard InChI is InChI=1S/C17H19F3N2O/c1-3-15(14-6-4-5-7-16(14)23-17(19)20)22-11(2)12-8-13(18)10-21-9-12/h4-11,15,17,22H,3H2,1-2H3/t11-,15-/m1/s1. The lowest BCUT2D eigenvalue weighted by molar-refractivity contribution is -0.0507. The van der Waals surface area contributed by atoms with Gasteiger partial charge < -0.3 is 10.1 Å². The van der Waals surface area contributed by atoms with E-state index in [1.165, 1.54) is 12.1 Å². The lowest BCUT2D eigenvalue weighted by Gasteiger charge is -2.24. The van der Waals surface area contributed by atoms with Gasteiger partial charge in [-0.1, -0.05) is 25.1 Å². The van der Waals surface area contributed by atoms with Gasteiger partial charge in [0.15, 0.2) is 0 Å². The smallest absolute Gasteiger partial charge is 0.387 e. The minimum Gasteiger partial charge on any atom is -0.434 e. The van der Waals surface area contributed by atoms with Crippen molar-refractivity contribution in [3.63, 3.8) is 0 Å². The number of para-hydroxylation sites is 1. The number of rotatable bonds is 7. The van der Waals surface area contributed by atoms with Crippen LogP contribution in [-0.4, -0.2) is 11.6 Å². The van der Waals surface area contributed by atoms with Crippen molar-refractivity contribution < 1.29 is 17.9 Å². The number of hydrogen-bond acceptors (Lipinski definition) is 3. The summed E-state index contributed by atoms with van der Waals surface area (Å²) in [5, 5.41) is 3.31. The Hall–Kier alpha value is -2.08. The van der Waals surface area contributed by atoms with Crippen LogP contribution >= 0.6 is 0 Å². The molecule has 0 aliphatic carbocycles. The van der Waals surface area contributed by atoms with Crippen LogP contribution in [0.2, 0.25) is 0 Å². The van der Waals surface area contributed by atoms with E-state index in [1.807, 2.05) is 13.8 Å². The maximum absolute atomic E-state index is 13.3. The third-order valence-electron chi connectivity index (χ3n) is 3.60. The van der Waals surface area contributed by atoms with Gasteiger partial charge in [-0.15, -0.1) is 0 Å². The highest BCUT2D eigenvalue weighted by atomic mass is 19.3. The minimum atomic E-state index is -2.88. The van der Waals surface area contributed by atoms with E-state index in [4.69, 9.17) is 0 Å². The molecule has 0 fully saturated rings. The lowest BCUT2D eigenvalue weighted by atomic mass is 10.0. The summed E-state index contributed by atoms with van der Waals surface area (Å²) in [5.74, 6) is -0.267. The summed E-state index contributed by atoms with van der Waals surface area (Å²) in [6.45, 7) is 0.932. The first kappa shape index (κ1) is 17.3. The van der Waals surface area contributed by atoms with Crippen molar-refractivity contribution in [1.29, 1.82) is 0 Å². The molecule has 1 N–H and O–H groups in total. The molecule has 1 heterocycles. The van der Waals surface area contributed by atoms with Crippen LogP contribution in [0.25, 0.3) is 0 Å². The van der Waals surface area contributed by atoms with Crippen molar-refractivity contribution >= 4 is 0 Å². The topological polar surface area (TPSA) is 34.2 Å². The van der Waals surface area contributed by atoms with Gasteiger partial charge in [0.25, 0.3) is 0 Å². The third-order valence-corrected chi connectivity index (χ3v) is 3.60. The molecule has 0 aliphatic rings. The Labute approximate surface area is 133 Å². The lowest BCUT2D eigenvalue weighted by Crippen LogP contribution is -2.25. The van der Waals surface area contributed by atoms with Gasteiger partial charge in [0.1, 0.15) is 11.6 Å². The van der Waals surface area contributed by atoms with E-state index in [-0.39, 0.29) is 17.8 Å². The third kappa shape index (κ3) is 4.69. The quantitative estimate of drug-likeness (QED) is 0.806. The summed E-state index contributed by atoms with van der Waals surface area (Å²) in [7, 11) is 0. The molecule has 0 saturated heterocycles. The monoisotopic (exact) mass is 324 g/mol. The highest BCUT2D eigenvalue weighted by Crippen LogP contribution is 2.30. The molecule has 6 heteroatoms. The maximum Gasteiger partial charge on any atom is 0.387 e. The number of nitrogens with zero attached hydrogens (tertiary/aromatic N) is 1. The van der Waals surface area contributed by atoms with Gasteiger partial charge in [0, 0.05) is 23.8 Å². The fourth-order valence-electron chi connectivity index (χ4n) is 2.46. The summed E-state index contributed by atoms with van der Waals surface area (Å²) < 4.78 is 43.0. The number of alkyl halides is 2. The molecule has 0 aliphatic heterocycles. The molecule has 2 aromatic rings. The van der Waals surface area contributed by atoms with Crippen molar-refractivity contribution in [2.24, 2.45) is 0 Å². The molecule has 2 rings (SSSR count). The highest BCUT2D eigenvalue weighted by molar-refractivity contribution is 5.36. The van der Waals surface area contributed by atoms with Crippen molar-refractivity contribution in [2.75, 3.05) is 0 Å². The number of pyridine rings is 1. The van der Waals surface area contributed by atoms with Gasteiger partial charge >= 0.3 is 6.61 Å². The Morgan fingerprint density at radius 2 is 1.96 bits per heavy atom. The second kappa shape index (κ2) is 7.97. The van der Waals surface area contributed by atoms with E-state index in [0.717, 1.165) is 6.20 Å². The fraction of sp³-hybridized carbons (Fsp3) is 0.353. The maximum atomic E-state index is 13.3. The highest BCUT2D eigenvalue weighted by Gasteiger charge is 2.19. The zero-order valence-electron chi connectivity index (χ0n) is 13.0. The molecule has 3 nitrogen and oxygen atoms in total. The Balaban J connectivity index is 2.20. The van der Waals surface area contributed by atoms with Crippen LogP contribution in [-0.2, 0) is 0 Å². The Kier molecular flexibility index (Phi) is 5.98. The van der Waals surface area contributed by atoms with E-state index in [0.29, 0.717) is 17.5 Å². The van der Waals surface area contributed by atoms with Crippen LogP contribution in [0.5, 0.6) is 5.75 Å². The van der Waals surface area contributed by atoms with Gasteiger partial charge in [0.2, 0.25) is 0 Å². The van der Waals surface area contributed by atoms with Crippen molar-refractivity contribution in [3.05, 3.63) is 59.7 Å². The van der Waals surface area contributed by atoms with Gasteiger partial charge in [-0.05, 0) is 31.0 Å². The van der Waals surface area contributed by atoms with E-state index in [1.54, 1.807) is 24.4 Å². The zero-order chi connectivity index (χ0) is 16.8. The van der Waals surface area contributed by atoms with Gasteiger partial charge in [-0.25, -0.2) is 4.39 Å². The number of benzene rings is 1. The minimum absolute atomic E-state index is 0.145. The van der Waals surface area contributed by atoms with Crippen LogP contribution in [0.4, 0.5) is 13.2 Å². The molecule has 1 aromatic carbocycles. The van der Waals surface area contributed by atoms with E-state index in [2.05, 4.69) is 15.0 Å². The average Bonchev–Trinajstić information content (AvgIpc) is 2.52. The molecule has 0 unspecified atom stereocenters. The number of nitrogens with one attached hydrogen (secondary N) is 1. The molecule has 0 saturated carbocycles. The van der Waals surface area contributed by atoms with Crippen LogP contribution in [0.1, 0.15) is 43.5 Å². The number of ether oxygens (including phenoxy) is 1. The summed E-state index contributed by atoms with van der Waals surface area (Å²) in [6.07, 6.45) is 3.38. The first-order valence-electron chi connectivity index (χ1n) is 7.41. The Morgan fingerprint density at radius 3 is 2.61 bits per heavy atom. The number of halogens is 3. The summed E-state index contributed by atoms with van der Waals surface area (Å²) in [4.78, 5) is 3.83. The van der Waals surface area contributed by atoms with Crippen LogP contribution in [0, 0.1) is 5.82 Å². The average molecular weight is 324 g/mol. The normalized spacial score (nSPS) is 13.8. The molecule has 0 radical (unpaired) electrons.